The molecule has 0 heterocycles. The molecule has 0 N–H and O–H groups in total. The molecule has 5 rings (SSSR count). The summed E-state index contributed by atoms with van der Waals surface area (Å²) in [5.41, 5.74) is 11.2. The van der Waals surface area contributed by atoms with Gasteiger partial charge in [-0.15, -0.1) is 0 Å². The number of hydrogen-bond acceptors (Lipinski definition) is 2. The first-order valence-electron chi connectivity index (χ1n) is 12.5. The Bertz CT molecular complexity index is 1380. The number of aliphatic imine (C=N–C) groups is 2. The fourth-order valence-corrected chi connectivity index (χ4v) is 5.41. The van der Waals surface area contributed by atoms with E-state index in [2.05, 4.69) is 123 Å². The van der Waals surface area contributed by atoms with Crippen LogP contribution in [0.2, 0.25) is 0 Å². The van der Waals surface area contributed by atoms with Crippen LogP contribution in [-0.2, 0) is 0 Å². The van der Waals surface area contributed by atoms with Crippen LogP contribution >= 0.6 is 15.9 Å². The van der Waals surface area contributed by atoms with Crippen molar-refractivity contribution in [3.63, 3.8) is 0 Å². The molecular formula is C32H31BrN2. The Balaban J connectivity index is 1.85. The molecule has 3 aromatic carbocycles. The molecule has 0 atom stereocenters. The van der Waals surface area contributed by atoms with Crippen LogP contribution in [0, 0.1) is 0 Å². The Morgan fingerprint density at radius 3 is 1.60 bits per heavy atom. The van der Waals surface area contributed by atoms with Crippen LogP contribution in [-0.4, -0.2) is 11.4 Å². The molecule has 3 heteroatoms. The molecule has 0 saturated heterocycles. The first-order valence-corrected chi connectivity index (χ1v) is 13.3. The second kappa shape index (κ2) is 9.91. The lowest BCUT2D eigenvalue weighted by atomic mass is 9.82. The molecule has 176 valence electrons. The lowest BCUT2D eigenvalue weighted by molar-refractivity contribution is 0.835. The number of nitrogens with zero attached hydrogens (tertiary/aromatic N) is 2. The molecule has 3 aromatic rings. The van der Waals surface area contributed by atoms with Gasteiger partial charge in [-0.05, 0) is 62.9 Å². The molecule has 2 aliphatic carbocycles. The van der Waals surface area contributed by atoms with Crippen molar-refractivity contribution in [3.8, 4) is 11.1 Å². The van der Waals surface area contributed by atoms with Gasteiger partial charge in [-0.2, -0.15) is 0 Å². The van der Waals surface area contributed by atoms with E-state index in [1.807, 2.05) is 0 Å². The molecule has 2 nitrogen and oxygen atoms in total. The smallest absolute Gasteiger partial charge is 0.0978 e. The van der Waals surface area contributed by atoms with Gasteiger partial charge in [0.2, 0.25) is 0 Å². The minimum atomic E-state index is 0.373. The lowest BCUT2D eigenvalue weighted by Gasteiger charge is -2.25. The molecule has 0 spiro atoms. The number of benzene rings is 3. The van der Waals surface area contributed by atoms with Gasteiger partial charge < -0.3 is 0 Å². The average Bonchev–Trinajstić information content (AvgIpc) is 2.87. The topological polar surface area (TPSA) is 24.7 Å². The highest BCUT2D eigenvalue weighted by atomic mass is 79.9. The van der Waals surface area contributed by atoms with E-state index >= 15 is 0 Å². The van der Waals surface area contributed by atoms with Crippen LogP contribution in [0.3, 0.4) is 0 Å². The van der Waals surface area contributed by atoms with Gasteiger partial charge in [0.15, 0.2) is 0 Å². The summed E-state index contributed by atoms with van der Waals surface area (Å²) in [6, 6.07) is 23.8. The summed E-state index contributed by atoms with van der Waals surface area (Å²) in [4.78, 5) is 10.8. The predicted octanol–water partition coefficient (Wildman–Crippen LogP) is 9.48. The highest BCUT2D eigenvalue weighted by Crippen LogP contribution is 2.40. The quantitative estimate of drug-likeness (QED) is 0.325. The van der Waals surface area contributed by atoms with E-state index in [1.54, 1.807) is 0 Å². The molecule has 0 aliphatic heterocycles. The van der Waals surface area contributed by atoms with E-state index in [9.17, 15) is 0 Å². The largest absolute Gasteiger partial charge is 0.245 e. The average molecular weight is 524 g/mol. The monoisotopic (exact) mass is 522 g/mol. The van der Waals surface area contributed by atoms with Gasteiger partial charge in [0.05, 0.1) is 22.8 Å². The van der Waals surface area contributed by atoms with Crippen LogP contribution in [0.5, 0.6) is 0 Å². The fraction of sp³-hybridized carbons (Fsp3) is 0.250. The summed E-state index contributed by atoms with van der Waals surface area (Å²) in [6.45, 7) is 8.99. The molecule has 0 unspecified atom stereocenters. The Hall–Kier alpha value is -3.04. The molecule has 0 amide bonds. The molecule has 0 bridgehead atoms. The fourth-order valence-electron chi connectivity index (χ4n) is 4.93. The second-order valence-electron chi connectivity index (χ2n) is 9.83. The molecule has 0 aromatic heterocycles. The van der Waals surface area contributed by atoms with Crippen LogP contribution in [0.25, 0.3) is 11.1 Å². The van der Waals surface area contributed by atoms with E-state index in [1.165, 1.54) is 22.3 Å². The standard InChI is InChI=1S/C32H31BrN2/c1-20(2)22-16-11-17-23(21(3)4)30(22)35-32-27-15-8-6-13-25(27)24-12-5-7-14-26(24)31(32)34-29-19-10-9-18-28(29)33/h5-8,11-21H,9-10H2,1-4H3. The number of rotatable bonds is 4. The minimum Gasteiger partial charge on any atom is -0.245 e. The number of para-hydroxylation sites is 1. The second-order valence-corrected chi connectivity index (χ2v) is 10.7. The van der Waals surface area contributed by atoms with Crippen molar-refractivity contribution in [2.75, 3.05) is 0 Å². The van der Waals surface area contributed by atoms with E-state index in [0.29, 0.717) is 11.8 Å². The predicted molar refractivity (Wildman–Crippen MR) is 154 cm³/mol. The number of fused-ring (bicyclic) bond motifs is 3. The van der Waals surface area contributed by atoms with Gasteiger partial charge in [0.1, 0.15) is 0 Å². The zero-order valence-electron chi connectivity index (χ0n) is 20.8. The van der Waals surface area contributed by atoms with Crippen molar-refractivity contribution in [1.29, 1.82) is 0 Å². The summed E-state index contributed by atoms with van der Waals surface area (Å²) in [5, 5.41) is 0. The first kappa shape index (κ1) is 23.7. The molecular weight excluding hydrogens is 492 g/mol. The summed E-state index contributed by atoms with van der Waals surface area (Å²) < 4.78 is 1.05. The van der Waals surface area contributed by atoms with E-state index in [4.69, 9.17) is 9.98 Å². The Morgan fingerprint density at radius 2 is 1.09 bits per heavy atom. The van der Waals surface area contributed by atoms with Crippen molar-refractivity contribution >= 4 is 33.0 Å². The van der Waals surface area contributed by atoms with E-state index < -0.39 is 0 Å². The molecule has 0 saturated carbocycles. The van der Waals surface area contributed by atoms with Gasteiger partial charge in [-0.1, -0.05) is 107 Å². The third kappa shape index (κ3) is 4.50. The molecule has 0 fully saturated rings. The maximum absolute atomic E-state index is 5.50. The van der Waals surface area contributed by atoms with Crippen molar-refractivity contribution in [1.82, 2.24) is 0 Å². The van der Waals surface area contributed by atoms with Gasteiger partial charge in [-0.3, -0.25) is 0 Å². The number of hydrogen-bond donors (Lipinski definition) is 0. The minimum absolute atomic E-state index is 0.373. The number of halogens is 1. The highest BCUT2D eigenvalue weighted by Gasteiger charge is 2.28. The van der Waals surface area contributed by atoms with Crippen molar-refractivity contribution in [2.45, 2.75) is 52.4 Å². The van der Waals surface area contributed by atoms with E-state index in [0.717, 1.165) is 51.3 Å². The van der Waals surface area contributed by atoms with E-state index in [-0.39, 0.29) is 0 Å². The van der Waals surface area contributed by atoms with Crippen LogP contribution in [0.4, 0.5) is 5.69 Å². The van der Waals surface area contributed by atoms with Crippen LogP contribution in [0.1, 0.15) is 74.6 Å². The SMILES string of the molecule is CC(C)c1cccc(C(C)C)c1N=C1C(=NC2=CCCC=C2Br)c2ccccc2-c2ccccc21. The summed E-state index contributed by atoms with van der Waals surface area (Å²) >= 11 is 3.75. The van der Waals surface area contributed by atoms with Crippen molar-refractivity contribution in [3.05, 3.63) is 111 Å². The van der Waals surface area contributed by atoms with Gasteiger partial charge in [0, 0.05) is 15.6 Å². The molecule has 2 aliphatic rings. The molecule has 35 heavy (non-hydrogen) atoms. The Labute approximate surface area is 217 Å². The zero-order valence-corrected chi connectivity index (χ0v) is 22.4. The van der Waals surface area contributed by atoms with Crippen LogP contribution in [0.15, 0.2) is 99.0 Å². The van der Waals surface area contributed by atoms with Gasteiger partial charge in [-0.25, -0.2) is 9.98 Å². The van der Waals surface area contributed by atoms with Crippen molar-refractivity contribution in [2.24, 2.45) is 9.98 Å². The zero-order chi connectivity index (χ0) is 24.5. The highest BCUT2D eigenvalue weighted by molar-refractivity contribution is 9.12. The van der Waals surface area contributed by atoms with Crippen LogP contribution < -0.4 is 0 Å². The Morgan fingerprint density at radius 1 is 0.600 bits per heavy atom. The summed E-state index contributed by atoms with van der Waals surface area (Å²) in [6.07, 6.45) is 6.47. The van der Waals surface area contributed by atoms with Gasteiger partial charge in [0.25, 0.3) is 0 Å². The van der Waals surface area contributed by atoms with Gasteiger partial charge >= 0.3 is 0 Å². The summed E-state index contributed by atoms with van der Waals surface area (Å²) in [5.74, 6) is 0.746. The normalized spacial score (nSPS) is 17.5. The third-order valence-electron chi connectivity index (χ3n) is 6.75. The number of allylic oxidation sites excluding steroid dienone is 3. The molecule has 0 radical (unpaired) electrons. The maximum atomic E-state index is 5.50. The third-order valence-corrected chi connectivity index (χ3v) is 7.48. The Kier molecular flexibility index (Phi) is 6.71. The first-order chi connectivity index (χ1) is 17.0. The lowest BCUT2D eigenvalue weighted by Crippen LogP contribution is -2.24. The maximum Gasteiger partial charge on any atom is 0.0978 e. The van der Waals surface area contributed by atoms with Crippen molar-refractivity contribution < 1.29 is 0 Å². The summed E-state index contributed by atoms with van der Waals surface area (Å²) in [7, 11) is 0.